The van der Waals surface area contributed by atoms with E-state index in [2.05, 4.69) is 21.2 Å². The van der Waals surface area contributed by atoms with Gasteiger partial charge in [0.15, 0.2) is 0 Å². The fraction of sp³-hybridized carbons (Fsp3) is 0.267. The van der Waals surface area contributed by atoms with E-state index in [0.717, 1.165) is 66.0 Å². The van der Waals surface area contributed by atoms with Crippen molar-refractivity contribution < 1.29 is 9.59 Å². The maximum absolute atomic E-state index is 13.4. The third-order valence-electron chi connectivity index (χ3n) is 6.82. The highest BCUT2D eigenvalue weighted by Gasteiger charge is 2.30. The molecule has 3 aromatic rings. The number of carbonyl (C=O) groups is 2. The van der Waals surface area contributed by atoms with Crippen molar-refractivity contribution in [3.63, 3.8) is 0 Å². The van der Waals surface area contributed by atoms with Crippen molar-refractivity contribution in [3.8, 4) is 0 Å². The second-order valence-electron chi connectivity index (χ2n) is 9.53. The number of anilines is 2. The minimum Gasteiger partial charge on any atom is -0.369 e. The number of amides is 2. The molecule has 0 radical (unpaired) electrons. The van der Waals surface area contributed by atoms with Crippen LogP contribution >= 0.6 is 35.0 Å². The number of hydrogen-bond acceptors (Lipinski definition) is 5. The van der Waals surface area contributed by atoms with Gasteiger partial charge in [0.25, 0.3) is 5.91 Å². The summed E-state index contributed by atoms with van der Waals surface area (Å²) in [5, 5.41) is 4.41. The highest BCUT2D eigenvalue weighted by atomic mass is 35.5. The van der Waals surface area contributed by atoms with Gasteiger partial charge in [-0.05, 0) is 67.1 Å². The number of carbonyl (C=O) groups excluding carboxylic acids is 2. The van der Waals surface area contributed by atoms with Crippen LogP contribution in [0.5, 0.6) is 0 Å². The molecule has 202 valence electrons. The first kappa shape index (κ1) is 27.6. The molecule has 0 aromatic heterocycles. The standard InChI is InChI=1S/C30H30Cl2N4O2S/c31-23-11-9-22(10-12-23)19-28-30(38)36(26-7-1-2-8-27(26)39-28)21-29(37)33-13-4-14-34-15-17-35(18-16-34)25-6-3-5-24(32)20-25/h1-3,5-12,19-20H,4,13-18,21H2,(H,33,37)/b28-19-. The van der Waals surface area contributed by atoms with Gasteiger partial charge < -0.3 is 10.2 Å². The molecule has 2 amide bonds. The molecular formula is C30H30Cl2N4O2S. The molecule has 2 aliphatic heterocycles. The smallest absolute Gasteiger partial charge is 0.265 e. The summed E-state index contributed by atoms with van der Waals surface area (Å²) in [5.74, 6) is -0.344. The Hall–Kier alpha value is -2.97. The highest BCUT2D eigenvalue weighted by Crippen LogP contribution is 2.41. The summed E-state index contributed by atoms with van der Waals surface area (Å²) in [6.45, 7) is 5.31. The molecule has 3 aromatic carbocycles. The van der Waals surface area contributed by atoms with Crippen LogP contribution in [0.25, 0.3) is 6.08 Å². The van der Waals surface area contributed by atoms with Gasteiger partial charge in [0, 0.05) is 53.4 Å². The van der Waals surface area contributed by atoms with Crippen LogP contribution in [-0.4, -0.2) is 62.5 Å². The molecule has 2 aliphatic rings. The van der Waals surface area contributed by atoms with Crippen LogP contribution in [0, 0.1) is 0 Å². The Balaban J connectivity index is 1.12. The SMILES string of the molecule is O=C(CN1C(=O)/C(=C/c2ccc(Cl)cc2)Sc2ccccc21)NCCCN1CCN(c2cccc(Cl)c2)CC1. The number of nitrogens with one attached hydrogen (secondary N) is 1. The maximum Gasteiger partial charge on any atom is 0.265 e. The molecule has 9 heteroatoms. The highest BCUT2D eigenvalue weighted by molar-refractivity contribution is 8.04. The largest absolute Gasteiger partial charge is 0.369 e. The van der Waals surface area contributed by atoms with Crippen molar-refractivity contribution in [1.29, 1.82) is 0 Å². The lowest BCUT2D eigenvalue weighted by molar-refractivity contribution is -0.122. The Morgan fingerprint density at radius 2 is 1.69 bits per heavy atom. The van der Waals surface area contributed by atoms with Gasteiger partial charge in [-0.15, -0.1) is 0 Å². The number of piperazine rings is 1. The molecular weight excluding hydrogens is 551 g/mol. The van der Waals surface area contributed by atoms with Crippen molar-refractivity contribution >= 4 is 64.2 Å². The van der Waals surface area contributed by atoms with Crippen LogP contribution in [0.3, 0.4) is 0 Å². The fourth-order valence-corrected chi connectivity index (χ4v) is 6.13. The van der Waals surface area contributed by atoms with Crippen molar-refractivity contribution in [3.05, 3.63) is 93.3 Å². The zero-order valence-corrected chi connectivity index (χ0v) is 23.8. The maximum atomic E-state index is 13.4. The van der Waals surface area contributed by atoms with E-state index in [1.807, 2.05) is 60.7 Å². The van der Waals surface area contributed by atoms with Gasteiger partial charge in [-0.25, -0.2) is 0 Å². The average Bonchev–Trinajstić information content (AvgIpc) is 2.95. The van der Waals surface area contributed by atoms with Crippen molar-refractivity contribution in [2.24, 2.45) is 0 Å². The number of hydrogen-bond donors (Lipinski definition) is 1. The molecule has 1 fully saturated rings. The van der Waals surface area contributed by atoms with Gasteiger partial charge >= 0.3 is 0 Å². The summed E-state index contributed by atoms with van der Waals surface area (Å²) in [5.41, 5.74) is 2.80. The molecule has 5 rings (SSSR count). The number of thioether (sulfide) groups is 1. The lowest BCUT2D eigenvalue weighted by atomic mass is 10.2. The molecule has 0 saturated carbocycles. The van der Waals surface area contributed by atoms with Gasteiger partial charge in [0.1, 0.15) is 6.54 Å². The summed E-state index contributed by atoms with van der Waals surface area (Å²) in [6.07, 6.45) is 2.70. The normalized spacial score (nSPS) is 16.9. The van der Waals surface area contributed by atoms with E-state index in [1.54, 1.807) is 17.0 Å². The third kappa shape index (κ3) is 7.17. The van der Waals surface area contributed by atoms with E-state index in [4.69, 9.17) is 23.2 Å². The van der Waals surface area contributed by atoms with Gasteiger partial charge in [0.2, 0.25) is 5.91 Å². The first-order valence-electron chi connectivity index (χ1n) is 13.0. The van der Waals surface area contributed by atoms with Gasteiger partial charge in [-0.3, -0.25) is 19.4 Å². The molecule has 0 spiro atoms. The number of halogens is 2. The minimum atomic E-state index is -0.179. The lowest BCUT2D eigenvalue weighted by Crippen LogP contribution is -2.47. The summed E-state index contributed by atoms with van der Waals surface area (Å²) in [7, 11) is 0. The van der Waals surface area contributed by atoms with Crippen LogP contribution in [0.15, 0.2) is 82.6 Å². The number of benzene rings is 3. The van der Waals surface area contributed by atoms with Crippen LogP contribution in [0.2, 0.25) is 10.0 Å². The molecule has 1 N–H and O–H groups in total. The Morgan fingerprint density at radius 3 is 2.46 bits per heavy atom. The summed E-state index contributed by atoms with van der Waals surface area (Å²) in [4.78, 5) is 34.1. The van der Waals surface area contributed by atoms with Crippen molar-refractivity contribution in [2.45, 2.75) is 11.3 Å². The van der Waals surface area contributed by atoms with E-state index < -0.39 is 0 Å². The zero-order valence-electron chi connectivity index (χ0n) is 21.5. The van der Waals surface area contributed by atoms with Crippen molar-refractivity contribution in [2.75, 3.05) is 55.6 Å². The van der Waals surface area contributed by atoms with Crippen LogP contribution in [0.1, 0.15) is 12.0 Å². The topological polar surface area (TPSA) is 55.9 Å². The number of para-hydroxylation sites is 1. The quantitative estimate of drug-likeness (QED) is 0.269. The Kier molecular flexibility index (Phi) is 9.14. The second-order valence-corrected chi connectivity index (χ2v) is 11.5. The molecule has 0 atom stereocenters. The van der Waals surface area contributed by atoms with E-state index in [9.17, 15) is 9.59 Å². The number of nitrogens with zero attached hydrogens (tertiary/aromatic N) is 3. The van der Waals surface area contributed by atoms with Gasteiger partial charge in [0.05, 0.1) is 10.6 Å². The van der Waals surface area contributed by atoms with Gasteiger partial charge in [-0.1, -0.05) is 65.3 Å². The Bertz CT molecular complexity index is 1360. The predicted molar refractivity (Wildman–Crippen MR) is 162 cm³/mol. The molecule has 0 aliphatic carbocycles. The monoisotopic (exact) mass is 580 g/mol. The first-order chi connectivity index (χ1) is 19.0. The third-order valence-corrected chi connectivity index (χ3v) is 8.38. The molecule has 6 nitrogen and oxygen atoms in total. The molecule has 2 heterocycles. The second kappa shape index (κ2) is 12.9. The van der Waals surface area contributed by atoms with Gasteiger partial charge in [-0.2, -0.15) is 0 Å². The van der Waals surface area contributed by atoms with E-state index in [0.29, 0.717) is 16.5 Å². The number of fused-ring (bicyclic) bond motifs is 1. The zero-order chi connectivity index (χ0) is 27.2. The Morgan fingerprint density at radius 1 is 0.923 bits per heavy atom. The number of rotatable bonds is 8. The lowest BCUT2D eigenvalue weighted by Gasteiger charge is -2.36. The Labute approximate surface area is 243 Å². The predicted octanol–water partition coefficient (Wildman–Crippen LogP) is 5.80. The van der Waals surface area contributed by atoms with Crippen LogP contribution in [-0.2, 0) is 9.59 Å². The van der Waals surface area contributed by atoms with E-state index >= 15 is 0 Å². The van der Waals surface area contributed by atoms with E-state index in [1.165, 1.54) is 11.8 Å². The fourth-order valence-electron chi connectivity index (χ4n) is 4.76. The van der Waals surface area contributed by atoms with Crippen LogP contribution in [0.4, 0.5) is 11.4 Å². The summed E-state index contributed by atoms with van der Waals surface area (Å²) < 4.78 is 0. The molecule has 1 saturated heterocycles. The van der Waals surface area contributed by atoms with E-state index in [-0.39, 0.29) is 18.4 Å². The van der Waals surface area contributed by atoms with Crippen molar-refractivity contribution in [1.82, 2.24) is 10.2 Å². The van der Waals surface area contributed by atoms with Crippen LogP contribution < -0.4 is 15.1 Å². The molecule has 0 bridgehead atoms. The molecule has 0 unspecified atom stereocenters. The average molecular weight is 582 g/mol. The summed E-state index contributed by atoms with van der Waals surface area (Å²) >= 11 is 13.6. The first-order valence-corrected chi connectivity index (χ1v) is 14.6. The minimum absolute atomic E-state index is 0.0212. The summed E-state index contributed by atoms with van der Waals surface area (Å²) in [6, 6.07) is 23.0. The molecule has 39 heavy (non-hydrogen) atoms.